The average molecular weight is 504 g/mol. The lowest BCUT2D eigenvalue weighted by Gasteiger charge is -2.22. The number of ether oxygens (including phenoxy) is 2. The number of hydrogen-bond donors (Lipinski definition) is 3. The fourth-order valence-electron chi connectivity index (χ4n) is 4.18. The van der Waals surface area contributed by atoms with Crippen molar-refractivity contribution in [3.63, 3.8) is 0 Å². The second-order valence-corrected chi connectivity index (χ2v) is 10.1. The number of rotatable bonds is 15. The van der Waals surface area contributed by atoms with E-state index in [1.54, 1.807) is 0 Å². The molecule has 1 aromatic rings. The number of primary amides is 1. The molecule has 0 fully saturated rings. The van der Waals surface area contributed by atoms with Crippen molar-refractivity contribution in [3.05, 3.63) is 65.2 Å². The summed E-state index contributed by atoms with van der Waals surface area (Å²) in [6.07, 6.45) is 6.43. The monoisotopic (exact) mass is 503 g/mol. The van der Waals surface area contributed by atoms with Gasteiger partial charge < -0.3 is 30.5 Å². The van der Waals surface area contributed by atoms with Crippen molar-refractivity contribution in [2.45, 2.75) is 58.6 Å². The zero-order chi connectivity index (χ0) is 26.7. The largest absolute Gasteiger partial charge is 0.489 e. The van der Waals surface area contributed by atoms with E-state index in [2.05, 4.69) is 29.8 Å². The molecule has 1 aromatic carbocycles. The Bertz CT molecular complexity index is 953. The van der Waals surface area contributed by atoms with Gasteiger partial charge in [-0.1, -0.05) is 12.6 Å². The van der Waals surface area contributed by atoms with Gasteiger partial charge in [-0.15, -0.1) is 0 Å². The second kappa shape index (κ2) is 14.2. The van der Waals surface area contributed by atoms with Gasteiger partial charge in [0.2, 0.25) is 0 Å². The minimum atomic E-state index is -0.431. The molecule has 1 aliphatic rings. The summed E-state index contributed by atoms with van der Waals surface area (Å²) in [4.78, 5) is 14.3. The summed E-state index contributed by atoms with van der Waals surface area (Å²) < 4.78 is 24.9. The second-order valence-electron chi connectivity index (χ2n) is 10.1. The standard InChI is InChI=1S/C28H42FN3O4/c1-20(31-11-16-35-15-10-24(29)8-7-21(2)36-28(3,4)5)17-22-18-23-9-13-32(12-6-14-33)26(23)25(19-22)27(30)34/h7-8,10,18-20,31,33H,2,6,9,11-17H2,1,3-5H3,(H2,30,34)/b8-7-,24-10+/t20-/m1/s1. The van der Waals surface area contributed by atoms with E-state index in [1.165, 1.54) is 18.2 Å². The van der Waals surface area contributed by atoms with Crippen LogP contribution < -0.4 is 16.0 Å². The fraction of sp³-hybridized carbons (Fsp3) is 0.536. The molecule has 1 heterocycles. The molecule has 1 aliphatic heterocycles. The number of halogens is 1. The van der Waals surface area contributed by atoms with E-state index in [0.717, 1.165) is 36.2 Å². The van der Waals surface area contributed by atoms with Gasteiger partial charge in [-0.25, -0.2) is 4.39 Å². The van der Waals surface area contributed by atoms with Crippen LogP contribution >= 0.6 is 0 Å². The van der Waals surface area contributed by atoms with Crippen molar-refractivity contribution in [3.8, 4) is 0 Å². The molecule has 1 atom stereocenters. The number of amides is 1. The number of benzene rings is 1. The maximum absolute atomic E-state index is 13.9. The maximum atomic E-state index is 13.9. The molecule has 0 saturated heterocycles. The van der Waals surface area contributed by atoms with Gasteiger partial charge in [0, 0.05) is 32.3 Å². The number of hydrogen-bond acceptors (Lipinski definition) is 6. The van der Waals surface area contributed by atoms with Crippen LogP contribution in [0.1, 0.15) is 55.6 Å². The molecular formula is C28H42FN3O4. The molecule has 8 heteroatoms. The van der Waals surface area contributed by atoms with Crippen LogP contribution in [-0.4, -0.2) is 62.1 Å². The van der Waals surface area contributed by atoms with Crippen LogP contribution in [0.3, 0.4) is 0 Å². The highest BCUT2D eigenvalue weighted by atomic mass is 19.1. The van der Waals surface area contributed by atoms with E-state index >= 15 is 0 Å². The van der Waals surface area contributed by atoms with Crippen molar-refractivity contribution in [2.75, 3.05) is 44.4 Å². The van der Waals surface area contributed by atoms with Gasteiger partial charge in [0.05, 0.1) is 24.5 Å². The Morgan fingerprint density at radius 3 is 2.78 bits per heavy atom. The lowest BCUT2D eigenvalue weighted by molar-refractivity contribution is 0.0608. The molecule has 7 nitrogen and oxygen atoms in total. The third kappa shape index (κ3) is 10.1. The summed E-state index contributed by atoms with van der Waals surface area (Å²) in [7, 11) is 0. The predicted molar refractivity (Wildman–Crippen MR) is 143 cm³/mol. The highest BCUT2D eigenvalue weighted by Gasteiger charge is 2.25. The number of carbonyl (C=O) groups excluding carboxylic acids is 1. The zero-order valence-corrected chi connectivity index (χ0v) is 22.1. The van der Waals surface area contributed by atoms with E-state index in [9.17, 15) is 9.18 Å². The molecule has 0 unspecified atom stereocenters. The number of allylic oxidation sites excluding steroid dienone is 3. The summed E-state index contributed by atoms with van der Waals surface area (Å²) in [6, 6.07) is 4.19. The Hall–Kier alpha value is -2.68. The minimum Gasteiger partial charge on any atom is -0.489 e. The van der Waals surface area contributed by atoms with Crippen LogP contribution in [0.4, 0.5) is 10.1 Å². The topological polar surface area (TPSA) is 97.0 Å². The SMILES string of the molecule is C=C(/C=C\C(F)=C/COCCN[C@H](C)Cc1cc2c(c(C(N)=O)c1)N(CCCO)CC2)OC(C)(C)C. The molecule has 2 rings (SSSR count). The number of fused-ring (bicyclic) bond motifs is 1. The van der Waals surface area contributed by atoms with Gasteiger partial charge in [0.25, 0.3) is 5.91 Å². The van der Waals surface area contributed by atoms with Gasteiger partial charge in [0.15, 0.2) is 0 Å². The van der Waals surface area contributed by atoms with E-state index in [-0.39, 0.29) is 24.9 Å². The van der Waals surface area contributed by atoms with Crippen LogP contribution in [0.2, 0.25) is 0 Å². The highest BCUT2D eigenvalue weighted by Crippen LogP contribution is 2.33. The molecule has 0 aliphatic carbocycles. The third-order valence-corrected chi connectivity index (χ3v) is 5.61. The molecule has 36 heavy (non-hydrogen) atoms. The molecule has 1 amide bonds. The van der Waals surface area contributed by atoms with Gasteiger partial charge in [-0.2, -0.15) is 0 Å². The van der Waals surface area contributed by atoms with E-state index in [4.69, 9.17) is 20.3 Å². The lowest BCUT2D eigenvalue weighted by atomic mass is 9.98. The Kier molecular flexibility index (Phi) is 11.6. The molecule has 200 valence electrons. The first-order valence-corrected chi connectivity index (χ1v) is 12.5. The number of carbonyl (C=O) groups is 1. The summed E-state index contributed by atoms with van der Waals surface area (Å²) in [5.41, 5.74) is 8.96. The van der Waals surface area contributed by atoms with Gasteiger partial charge in [-0.05, 0) is 82.4 Å². The molecule has 4 N–H and O–H groups in total. The van der Waals surface area contributed by atoms with E-state index in [0.29, 0.717) is 37.4 Å². The normalized spacial score (nSPS) is 14.8. The number of aliphatic hydroxyl groups is 1. The lowest BCUT2D eigenvalue weighted by Crippen LogP contribution is -2.31. The number of nitrogens with zero attached hydrogens (tertiary/aromatic N) is 1. The molecular weight excluding hydrogens is 461 g/mol. The van der Waals surface area contributed by atoms with Gasteiger partial charge in [-0.3, -0.25) is 4.79 Å². The number of nitrogens with two attached hydrogens (primary N) is 1. The Balaban J connectivity index is 1.77. The van der Waals surface area contributed by atoms with Crippen LogP contribution in [0.5, 0.6) is 0 Å². The Morgan fingerprint density at radius 2 is 2.11 bits per heavy atom. The van der Waals surface area contributed by atoms with Crippen molar-refractivity contribution in [1.29, 1.82) is 0 Å². The van der Waals surface area contributed by atoms with E-state index < -0.39 is 11.7 Å². The Morgan fingerprint density at radius 1 is 1.36 bits per heavy atom. The molecule has 0 spiro atoms. The molecule has 0 bridgehead atoms. The van der Waals surface area contributed by atoms with Crippen molar-refractivity contribution < 1.29 is 23.8 Å². The summed E-state index contributed by atoms with van der Waals surface area (Å²) in [5.74, 6) is -0.443. The number of aliphatic hydroxyl groups excluding tert-OH is 1. The smallest absolute Gasteiger partial charge is 0.250 e. The number of nitrogens with one attached hydrogen (secondary N) is 1. The Labute approximate surface area is 214 Å². The molecule has 0 radical (unpaired) electrons. The van der Waals surface area contributed by atoms with Crippen molar-refractivity contribution in [2.24, 2.45) is 5.73 Å². The summed E-state index contributed by atoms with van der Waals surface area (Å²) in [6.45, 7) is 14.4. The fourth-order valence-corrected chi connectivity index (χ4v) is 4.18. The zero-order valence-electron chi connectivity index (χ0n) is 22.1. The van der Waals surface area contributed by atoms with E-state index in [1.807, 2.05) is 26.8 Å². The van der Waals surface area contributed by atoms with Crippen molar-refractivity contribution >= 4 is 11.6 Å². The first-order chi connectivity index (χ1) is 17.0. The van der Waals surface area contributed by atoms with Gasteiger partial charge >= 0.3 is 0 Å². The van der Waals surface area contributed by atoms with Crippen LogP contribution in [-0.2, 0) is 22.3 Å². The predicted octanol–water partition coefficient (Wildman–Crippen LogP) is 3.81. The maximum Gasteiger partial charge on any atom is 0.250 e. The molecule has 0 saturated carbocycles. The molecule has 0 aromatic heterocycles. The highest BCUT2D eigenvalue weighted by molar-refractivity contribution is 6.00. The first-order valence-electron chi connectivity index (χ1n) is 12.5. The average Bonchev–Trinajstić information content (AvgIpc) is 3.19. The minimum absolute atomic E-state index is 0.119. The third-order valence-electron chi connectivity index (χ3n) is 5.61. The number of anilines is 1. The van der Waals surface area contributed by atoms with Crippen LogP contribution in [0.15, 0.2) is 48.5 Å². The van der Waals surface area contributed by atoms with Gasteiger partial charge in [0.1, 0.15) is 17.2 Å². The summed E-state index contributed by atoms with van der Waals surface area (Å²) in [5, 5.41) is 12.5. The van der Waals surface area contributed by atoms with Crippen LogP contribution in [0.25, 0.3) is 0 Å². The summed E-state index contributed by atoms with van der Waals surface area (Å²) >= 11 is 0. The first kappa shape index (κ1) is 29.5. The van der Waals surface area contributed by atoms with Crippen LogP contribution in [0, 0.1) is 0 Å². The quantitative estimate of drug-likeness (QED) is 0.191. The van der Waals surface area contributed by atoms with Crippen molar-refractivity contribution in [1.82, 2.24) is 5.32 Å².